The Morgan fingerprint density at radius 1 is 1.13 bits per heavy atom. The number of rotatable bonds is 9. The van der Waals surface area contributed by atoms with Crippen LogP contribution in [-0.4, -0.2) is 38.2 Å². The monoisotopic (exact) mass is 326 g/mol. The Balaban J connectivity index is 3.06. The molecule has 1 saturated carbocycles. The molecule has 1 aliphatic carbocycles. The molecule has 1 fully saturated rings. The Bertz CT molecular complexity index is 465. The van der Waals surface area contributed by atoms with Crippen molar-refractivity contribution in [3.8, 4) is 0 Å². The standard InChI is InChI=1S/C16H24O7/c1-11(14(18)19)16(15(20)21,12-6-4-3-5-7-12)10-13(17)23-9-8-22-2/h12H,1,3-10H2,2H3,(H,18,19)(H,20,21)/p-2. The van der Waals surface area contributed by atoms with Gasteiger partial charge in [0.05, 0.1) is 25.0 Å². The van der Waals surface area contributed by atoms with Gasteiger partial charge in [0.2, 0.25) is 0 Å². The van der Waals surface area contributed by atoms with Crippen LogP contribution in [0.1, 0.15) is 38.5 Å². The van der Waals surface area contributed by atoms with E-state index in [0.717, 1.165) is 19.3 Å². The molecule has 0 aromatic carbocycles. The molecule has 0 radical (unpaired) electrons. The molecule has 23 heavy (non-hydrogen) atoms. The predicted octanol–water partition coefficient (Wildman–Crippen LogP) is -0.811. The van der Waals surface area contributed by atoms with Crippen molar-refractivity contribution in [2.75, 3.05) is 20.3 Å². The minimum Gasteiger partial charge on any atom is -0.549 e. The highest BCUT2D eigenvalue weighted by molar-refractivity contribution is 5.97. The average molecular weight is 326 g/mol. The minimum absolute atomic E-state index is 0.0407. The number of esters is 1. The number of hydrogen-bond acceptors (Lipinski definition) is 7. The van der Waals surface area contributed by atoms with Crippen molar-refractivity contribution in [3.05, 3.63) is 12.2 Å². The van der Waals surface area contributed by atoms with Gasteiger partial charge in [-0.15, -0.1) is 0 Å². The van der Waals surface area contributed by atoms with E-state index in [-0.39, 0.29) is 13.2 Å². The van der Waals surface area contributed by atoms with Gasteiger partial charge in [-0.2, -0.15) is 0 Å². The Morgan fingerprint density at radius 3 is 2.22 bits per heavy atom. The quantitative estimate of drug-likeness (QED) is 0.309. The smallest absolute Gasteiger partial charge is 0.307 e. The molecular formula is C16H22O7-2. The summed E-state index contributed by atoms with van der Waals surface area (Å²) in [6, 6.07) is 0. The number of aliphatic carboxylic acids is 2. The number of hydrogen-bond donors (Lipinski definition) is 0. The number of ether oxygens (including phenoxy) is 2. The van der Waals surface area contributed by atoms with Crippen LogP contribution in [0, 0.1) is 11.3 Å². The predicted molar refractivity (Wildman–Crippen MR) is 75.6 cm³/mol. The summed E-state index contributed by atoms with van der Waals surface area (Å²) in [7, 11) is 1.43. The molecule has 1 atom stereocenters. The van der Waals surface area contributed by atoms with Crippen molar-refractivity contribution in [2.24, 2.45) is 11.3 Å². The van der Waals surface area contributed by atoms with Crippen molar-refractivity contribution < 1.29 is 34.1 Å². The van der Waals surface area contributed by atoms with Crippen molar-refractivity contribution in [1.82, 2.24) is 0 Å². The van der Waals surface area contributed by atoms with Crippen molar-refractivity contribution >= 4 is 17.9 Å². The summed E-state index contributed by atoms with van der Waals surface area (Å²) < 4.78 is 9.64. The largest absolute Gasteiger partial charge is 0.549 e. The highest BCUT2D eigenvalue weighted by Gasteiger charge is 2.45. The summed E-state index contributed by atoms with van der Waals surface area (Å²) >= 11 is 0. The van der Waals surface area contributed by atoms with Gasteiger partial charge >= 0.3 is 5.97 Å². The van der Waals surface area contributed by atoms with Crippen LogP contribution in [-0.2, 0) is 23.9 Å². The van der Waals surface area contributed by atoms with E-state index in [0.29, 0.717) is 12.8 Å². The van der Waals surface area contributed by atoms with Crippen LogP contribution in [0.3, 0.4) is 0 Å². The zero-order chi connectivity index (χ0) is 17.5. The fraction of sp³-hybridized carbons (Fsp3) is 0.688. The lowest BCUT2D eigenvalue weighted by Crippen LogP contribution is -2.53. The molecule has 7 nitrogen and oxygen atoms in total. The molecule has 0 bridgehead atoms. The van der Waals surface area contributed by atoms with E-state index in [9.17, 15) is 24.6 Å². The van der Waals surface area contributed by atoms with Crippen molar-refractivity contribution in [2.45, 2.75) is 38.5 Å². The summed E-state index contributed by atoms with van der Waals surface area (Å²) in [6.07, 6.45) is 2.82. The maximum Gasteiger partial charge on any atom is 0.307 e. The van der Waals surface area contributed by atoms with E-state index in [1.54, 1.807) is 0 Å². The molecule has 0 aliphatic heterocycles. The molecule has 130 valence electrons. The number of carbonyl (C=O) groups excluding carboxylic acids is 3. The number of carbonyl (C=O) groups is 3. The fourth-order valence-electron chi connectivity index (χ4n) is 3.15. The molecule has 0 amide bonds. The van der Waals surface area contributed by atoms with Crippen LogP contribution in [0.25, 0.3) is 0 Å². The van der Waals surface area contributed by atoms with Crippen LogP contribution in [0.15, 0.2) is 12.2 Å². The van der Waals surface area contributed by atoms with Gasteiger partial charge in [-0.05, 0) is 24.3 Å². The molecule has 1 unspecified atom stereocenters. The van der Waals surface area contributed by atoms with Gasteiger partial charge < -0.3 is 29.3 Å². The molecule has 0 spiro atoms. The van der Waals surface area contributed by atoms with Crippen LogP contribution in [0.4, 0.5) is 0 Å². The van der Waals surface area contributed by atoms with E-state index in [1.807, 2.05) is 0 Å². The second-order valence-electron chi connectivity index (χ2n) is 5.75. The minimum atomic E-state index is -2.00. The molecule has 0 N–H and O–H groups in total. The van der Waals surface area contributed by atoms with Crippen LogP contribution < -0.4 is 10.2 Å². The van der Waals surface area contributed by atoms with E-state index < -0.39 is 41.2 Å². The first kappa shape index (κ1) is 19.2. The lowest BCUT2D eigenvalue weighted by Gasteiger charge is -2.44. The van der Waals surface area contributed by atoms with Gasteiger partial charge in [-0.25, -0.2) is 0 Å². The molecular weight excluding hydrogens is 304 g/mol. The van der Waals surface area contributed by atoms with E-state index in [4.69, 9.17) is 9.47 Å². The molecule has 0 saturated heterocycles. The Morgan fingerprint density at radius 2 is 1.74 bits per heavy atom. The van der Waals surface area contributed by atoms with Gasteiger partial charge in [0.25, 0.3) is 0 Å². The van der Waals surface area contributed by atoms with E-state index in [2.05, 4.69) is 6.58 Å². The summed E-state index contributed by atoms with van der Waals surface area (Å²) in [4.78, 5) is 35.1. The van der Waals surface area contributed by atoms with E-state index >= 15 is 0 Å². The number of carboxylic acid groups (broad SMARTS) is 2. The molecule has 0 aromatic rings. The summed E-state index contributed by atoms with van der Waals surface area (Å²) in [5, 5.41) is 23.1. The van der Waals surface area contributed by atoms with Gasteiger partial charge in [0.1, 0.15) is 6.61 Å². The Kier molecular flexibility index (Phi) is 7.22. The maximum atomic E-state index is 12.0. The third-order valence-corrected chi connectivity index (χ3v) is 4.42. The molecule has 0 heterocycles. The van der Waals surface area contributed by atoms with E-state index in [1.165, 1.54) is 7.11 Å². The Labute approximate surface area is 135 Å². The van der Waals surface area contributed by atoms with Gasteiger partial charge in [0.15, 0.2) is 0 Å². The zero-order valence-electron chi connectivity index (χ0n) is 13.3. The summed E-state index contributed by atoms with van der Waals surface area (Å²) in [5.74, 6) is -4.67. The molecule has 7 heteroatoms. The van der Waals surface area contributed by atoms with Gasteiger partial charge in [0, 0.05) is 12.5 Å². The molecule has 1 rings (SSSR count). The second kappa shape index (κ2) is 8.67. The Hall–Kier alpha value is -1.89. The van der Waals surface area contributed by atoms with Crippen molar-refractivity contribution in [3.63, 3.8) is 0 Å². The van der Waals surface area contributed by atoms with Crippen LogP contribution in [0.5, 0.6) is 0 Å². The highest BCUT2D eigenvalue weighted by Crippen LogP contribution is 2.45. The lowest BCUT2D eigenvalue weighted by molar-refractivity contribution is -0.325. The first-order valence-electron chi connectivity index (χ1n) is 7.63. The van der Waals surface area contributed by atoms with Crippen LogP contribution >= 0.6 is 0 Å². The first-order chi connectivity index (χ1) is 10.9. The first-order valence-corrected chi connectivity index (χ1v) is 7.63. The number of carboxylic acids is 2. The van der Waals surface area contributed by atoms with Gasteiger partial charge in [-0.1, -0.05) is 25.8 Å². The third kappa shape index (κ3) is 4.54. The maximum absolute atomic E-state index is 12.0. The normalized spacial score (nSPS) is 18.0. The molecule has 0 aromatic heterocycles. The summed E-state index contributed by atoms with van der Waals surface area (Å²) in [5.41, 5.74) is -2.63. The average Bonchev–Trinajstić information content (AvgIpc) is 2.52. The summed E-state index contributed by atoms with van der Waals surface area (Å²) in [6.45, 7) is 3.48. The van der Waals surface area contributed by atoms with Gasteiger partial charge in [-0.3, -0.25) is 4.79 Å². The SMILES string of the molecule is C=C(C(=O)[O-])C(CC(=O)OCCOC)(C(=O)[O-])C1CCCCC1. The fourth-order valence-corrected chi connectivity index (χ4v) is 3.15. The van der Waals surface area contributed by atoms with Crippen molar-refractivity contribution in [1.29, 1.82) is 0 Å². The second-order valence-corrected chi connectivity index (χ2v) is 5.75. The third-order valence-electron chi connectivity index (χ3n) is 4.42. The highest BCUT2D eigenvalue weighted by atomic mass is 16.6. The topological polar surface area (TPSA) is 116 Å². The number of methoxy groups -OCH3 is 1. The van der Waals surface area contributed by atoms with Crippen LogP contribution in [0.2, 0.25) is 0 Å². The zero-order valence-corrected chi connectivity index (χ0v) is 13.3. The lowest BCUT2D eigenvalue weighted by atomic mass is 9.63. The molecule has 1 aliphatic rings.